The van der Waals surface area contributed by atoms with E-state index >= 15 is 0 Å². The van der Waals surface area contributed by atoms with Crippen molar-refractivity contribution in [3.05, 3.63) is 59.7 Å². The summed E-state index contributed by atoms with van der Waals surface area (Å²) in [5, 5.41) is 0.375. The second-order valence-corrected chi connectivity index (χ2v) is 5.50. The number of benzene rings is 1. The minimum absolute atomic E-state index is 0.309. The molecule has 0 aliphatic heterocycles. The molecule has 1 aromatic carbocycles. The zero-order valence-corrected chi connectivity index (χ0v) is 13.2. The number of pyridine rings is 1. The second kappa shape index (κ2) is 7.02. The number of carbonyl (C=O) groups is 1. The quantitative estimate of drug-likeness (QED) is 0.658. The van der Waals surface area contributed by atoms with Crippen molar-refractivity contribution in [2.75, 3.05) is 6.61 Å². The fourth-order valence-electron chi connectivity index (χ4n) is 1.98. The van der Waals surface area contributed by atoms with E-state index in [1.807, 2.05) is 30.3 Å². The van der Waals surface area contributed by atoms with E-state index in [4.69, 9.17) is 9.47 Å². The molecule has 2 aromatic heterocycles. The molecule has 0 saturated carbocycles. The smallest absolute Gasteiger partial charge is 0.350 e. The van der Waals surface area contributed by atoms with Crippen LogP contribution in [0.3, 0.4) is 0 Å². The molecule has 6 heteroatoms. The van der Waals surface area contributed by atoms with Crippen molar-refractivity contribution in [2.24, 2.45) is 0 Å². The van der Waals surface area contributed by atoms with Crippen molar-refractivity contribution in [1.29, 1.82) is 0 Å². The lowest BCUT2D eigenvalue weighted by atomic mass is 10.1. The Kier molecular flexibility index (Phi) is 4.63. The van der Waals surface area contributed by atoms with Gasteiger partial charge in [-0.25, -0.2) is 9.78 Å². The summed E-state index contributed by atoms with van der Waals surface area (Å²) >= 11 is 1.16. The van der Waals surface area contributed by atoms with E-state index in [-0.39, 0.29) is 0 Å². The molecule has 0 N–H and O–H groups in total. The first-order chi connectivity index (χ1) is 11.3. The fraction of sp³-hybridized carbons (Fsp3) is 0.118. The summed E-state index contributed by atoms with van der Waals surface area (Å²) in [7, 11) is 0. The van der Waals surface area contributed by atoms with Crippen molar-refractivity contribution < 1.29 is 14.3 Å². The zero-order valence-electron chi connectivity index (χ0n) is 12.4. The minimum Gasteiger partial charge on any atom is -0.462 e. The van der Waals surface area contributed by atoms with Crippen LogP contribution in [0.1, 0.15) is 16.6 Å². The molecular formula is C17H14N2O3S. The number of aromatic nitrogens is 2. The molecule has 0 fully saturated rings. The normalized spacial score (nSPS) is 10.3. The predicted octanol–water partition coefficient (Wildman–Crippen LogP) is 4.17. The number of carbonyl (C=O) groups excluding carboxylic acids is 1. The Morgan fingerprint density at radius 1 is 1.17 bits per heavy atom. The lowest BCUT2D eigenvalue weighted by molar-refractivity contribution is 0.0532. The van der Waals surface area contributed by atoms with Gasteiger partial charge in [0.2, 0.25) is 0 Å². The number of hydrogen-bond acceptors (Lipinski definition) is 6. The van der Waals surface area contributed by atoms with Gasteiger partial charge in [-0.2, -0.15) is 0 Å². The number of nitrogens with zero attached hydrogens (tertiary/aromatic N) is 2. The van der Waals surface area contributed by atoms with Gasteiger partial charge in [0.15, 0.2) is 0 Å². The molecule has 0 atom stereocenters. The Bertz CT molecular complexity index is 788. The lowest BCUT2D eigenvalue weighted by Crippen LogP contribution is -2.03. The van der Waals surface area contributed by atoms with Gasteiger partial charge in [-0.3, -0.25) is 4.98 Å². The van der Waals surface area contributed by atoms with Crippen LogP contribution < -0.4 is 4.74 Å². The molecule has 0 bridgehead atoms. The van der Waals surface area contributed by atoms with E-state index in [1.165, 1.54) is 0 Å². The molecule has 0 unspecified atom stereocenters. The standard InChI is InChI=1S/C17H14N2O3S/c1-2-21-16(20)15-14(12-7-4-3-5-8-12)19-17(23-15)22-13-9-6-10-18-11-13/h3-11H,2H2,1H3. The Morgan fingerprint density at radius 2 is 2.00 bits per heavy atom. The molecule has 116 valence electrons. The summed E-state index contributed by atoms with van der Waals surface area (Å²) in [6.07, 6.45) is 3.25. The maximum atomic E-state index is 12.2. The fourth-order valence-corrected chi connectivity index (χ4v) is 2.83. The van der Waals surface area contributed by atoms with Gasteiger partial charge < -0.3 is 9.47 Å². The molecule has 0 spiro atoms. The number of thiazole rings is 1. The molecule has 23 heavy (non-hydrogen) atoms. The maximum Gasteiger partial charge on any atom is 0.350 e. The molecule has 0 amide bonds. The SMILES string of the molecule is CCOC(=O)c1sc(Oc2cccnc2)nc1-c1ccccc1. The summed E-state index contributed by atoms with van der Waals surface area (Å²) < 4.78 is 10.8. The molecule has 2 heterocycles. The van der Waals surface area contributed by atoms with Crippen molar-refractivity contribution in [2.45, 2.75) is 6.92 Å². The summed E-state index contributed by atoms with van der Waals surface area (Å²) in [4.78, 5) is 21.1. The van der Waals surface area contributed by atoms with Crippen molar-refractivity contribution in [3.8, 4) is 22.2 Å². The Morgan fingerprint density at radius 3 is 2.70 bits per heavy atom. The van der Waals surface area contributed by atoms with Crippen LogP contribution in [0, 0.1) is 0 Å². The number of ether oxygens (including phenoxy) is 2. The summed E-state index contributed by atoms with van der Waals surface area (Å²) in [6, 6.07) is 13.0. The van der Waals surface area contributed by atoms with Crippen LogP contribution in [-0.4, -0.2) is 22.5 Å². The summed E-state index contributed by atoms with van der Waals surface area (Å²) in [5.74, 6) is 0.168. The third-order valence-corrected chi connectivity index (χ3v) is 3.87. The second-order valence-electron chi connectivity index (χ2n) is 4.53. The summed E-state index contributed by atoms with van der Waals surface area (Å²) in [6.45, 7) is 2.08. The van der Waals surface area contributed by atoms with Gasteiger partial charge in [0, 0.05) is 11.8 Å². The first-order valence-electron chi connectivity index (χ1n) is 7.09. The monoisotopic (exact) mass is 326 g/mol. The highest BCUT2D eigenvalue weighted by atomic mass is 32.1. The topological polar surface area (TPSA) is 61.3 Å². The Balaban J connectivity index is 1.98. The van der Waals surface area contributed by atoms with Gasteiger partial charge in [-0.1, -0.05) is 41.7 Å². The van der Waals surface area contributed by atoms with Gasteiger partial charge >= 0.3 is 5.97 Å². The van der Waals surface area contributed by atoms with E-state index in [2.05, 4.69) is 9.97 Å². The van der Waals surface area contributed by atoms with E-state index in [0.29, 0.717) is 28.1 Å². The van der Waals surface area contributed by atoms with Crippen LogP contribution >= 0.6 is 11.3 Å². The molecule has 0 radical (unpaired) electrons. The van der Waals surface area contributed by atoms with Crippen LogP contribution in [0.25, 0.3) is 11.3 Å². The van der Waals surface area contributed by atoms with E-state index in [1.54, 1.807) is 31.5 Å². The van der Waals surface area contributed by atoms with E-state index in [9.17, 15) is 4.79 Å². The molecule has 0 aliphatic carbocycles. The third kappa shape index (κ3) is 3.54. The average Bonchev–Trinajstić information content (AvgIpc) is 3.01. The van der Waals surface area contributed by atoms with Crippen LogP contribution in [-0.2, 0) is 4.74 Å². The number of esters is 1. The maximum absolute atomic E-state index is 12.2. The Labute approximate surface area is 137 Å². The highest BCUT2D eigenvalue weighted by Crippen LogP contribution is 2.35. The van der Waals surface area contributed by atoms with Gasteiger partial charge in [0.05, 0.1) is 18.5 Å². The van der Waals surface area contributed by atoms with Crippen LogP contribution in [0.2, 0.25) is 0 Å². The predicted molar refractivity (Wildman–Crippen MR) is 87.8 cm³/mol. The third-order valence-electron chi connectivity index (χ3n) is 2.96. The molecule has 3 aromatic rings. The molecule has 5 nitrogen and oxygen atoms in total. The van der Waals surface area contributed by atoms with Crippen molar-refractivity contribution in [3.63, 3.8) is 0 Å². The van der Waals surface area contributed by atoms with Gasteiger partial charge in [-0.05, 0) is 19.1 Å². The largest absolute Gasteiger partial charge is 0.462 e. The van der Waals surface area contributed by atoms with Gasteiger partial charge in [0.25, 0.3) is 5.19 Å². The van der Waals surface area contributed by atoms with E-state index in [0.717, 1.165) is 16.9 Å². The highest BCUT2D eigenvalue weighted by Gasteiger charge is 2.21. The van der Waals surface area contributed by atoms with Crippen molar-refractivity contribution >= 4 is 17.3 Å². The summed E-state index contributed by atoms with van der Waals surface area (Å²) in [5.41, 5.74) is 1.40. The minimum atomic E-state index is -0.398. The average molecular weight is 326 g/mol. The highest BCUT2D eigenvalue weighted by molar-refractivity contribution is 7.15. The zero-order chi connectivity index (χ0) is 16.1. The van der Waals surface area contributed by atoms with Crippen molar-refractivity contribution in [1.82, 2.24) is 9.97 Å². The molecule has 0 saturated heterocycles. The number of hydrogen-bond donors (Lipinski definition) is 0. The van der Waals surface area contributed by atoms with Crippen LogP contribution in [0.5, 0.6) is 10.9 Å². The molecular weight excluding hydrogens is 312 g/mol. The lowest BCUT2D eigenvalue weighted by Gasteiger charge is -2.01. The van der Waals surface area contributed by atoms with E-state index < -0.39 is 5.97 Å². The molecule has 3 rings (SSSR count). The first-order valence-corrected chi connectivity index (χ1v) is 7.91. The Hall–Kier alpha value is -2.73. The van der Waals surface area contributed by atoms with Crippen LogP contribution in [0.4, 0.5) is 0 Å². The number of rotatable bonds is 5. The molecule has 0 aliphatic rings. The van der Waals surface area contributed by atoms with Gasteiger partial charge in [0.1, 0.15) is 10.6 Å². The van der Waals surface area contributed by atoms with Crippen LogP contribution in [0.15, 0.2) is 54.9 Å². The first kappa shape index (κ1) is 15.2. The van der Waals surface area contributed by atoms with Gasteiger partial charge in [-0.15, -0.1) is 0 Å².